The van der Waals surface area contributed by atoms with Gasteiger partial charge in [-0.05, 0) is 61.4 Å². The van der Waals surface area contributed by atoms with E-state index in [1.54, 1.807) is 60.7 Å². The van der Waals surface area contributed by atoms with Gasteiger partial charge in [0.25, 0.3) is 10.0 Å². The highest BCUT2D eigenvalue weighted by molar-refractivity contribution is 7.92. The van der Waals surface area contributed by atoms with E-state index in [0.717, 1.165) is 9.87 Å². The molecule has 1 atom stereocenters. The maximum absolute atomic E-state index is 15.0. The van der Waals surface area contributed by atoms with E-state index in [1.165, 1.54) is 23.1 Å². The molecule has 0 aromatic heterocycles. The Morgan fingerprint density at radius 3 is 2.09 bits per heavy atom. The Morgan fingerprint density at radius 1 is 0.844 bits per heavy atom. The molecule has 8 nitrogen and oxygen atoms in total. The molecule has 0 bridgehead atoms. The number of rotatable bonds is 15. The quantitative estimate of drug-likeness (QED) is 0.185. The predicted molar refractivity (Wildman–Crippen MR) is 173 cm³/mol. The monoisotopic (exact) mass is 631 g/mol. The van der Waals surface area contributed by atoms with Crippen molar-refractivity contribution in [1.29, 1.82) is 0 Å². The third-order valence-electron chi connectivity index (χ3n) is 7.16. The van der Waals surface area contributed by atoms with Crippen LogP contribution in [0.1, 0.15) is 31.4 Å². The minimum absolute atomic E-state index is 0.0372. The van der Waals surface area contributed by atoms with Gasteiger partial charge in [-0.3, -0.25) is 13.9 Å². The SMILES string of the molecule is CCCNC(=O)[C@H](Cc1ccccc1)N(Cc1ccccc1F)C(=O)CN(c1ccccc1)S(=O)(=O)c1ccc(OCC)cc1. The van der Waals surface area contributed by atoms with Crippen LogP contribution in [0.2, 0.25) is 0 Å². The van der Waals surface area contributed by atoms with Crippen molar-refractivity contribution in [3.8, 4) is 5.75 Å². The average molecular weight is 632 g/mol. The molecule has 0 spiro atoms. The normalized spacial score (nSPS) is 11.8. The van der Waals surface area contributed by atoms with Crippen LogP contribution < -0.4 is 14.4 Å². The largest absolute Gasteiger partial charge is 0.494 e. The van der Waals surface area contributed by atoms with Gasteiger partial charge < -0.3 is 15.0 Å². The van der Waals surface area contributed by atoms with E-state index in [1.807, 2.05) is 44.2 Å². The van der Waals surface area contributed by atoms with Crippen LogP contribution in [0, 0.1) is 5.82 Å². The van der Waals surface area contributed by atoms with Gasteiger partial charge in [0.15, 0.2) is 0 Å². The lowest BCUT2D eigenvalue weighted by atomic mass is 10.0. The molecule has 0 aliphatic carbocycles. The number of carbonyl (C=O) groups is 2. The van der Waals surface area contributed by atoms with Crippen molar-refractivity contribution < 1.29 is 27.1 Å². The van der Waals surface area contributed by atoms with E-state index in [0.29, 0.717) is 25.3 Å². The van der Waals surface area contributed by atoms with Gasteiger partial charge >= 0.3 is 0 Å². The maximum atomic E-state index is 15.0. The van der Waals surface area contributed by atoms with Gasteiger partial charge in [-0.25, -0.2) is 12.8 Å². The summed E-state index contributed by atoms with van der Waals surface area (Å²) in [4.78, 5) is 29.3. The van der Waals surface area contributed by atoms with Gasteiger partial charge in [-0.2, -0.15) is 0 Å². The van der Waals surface area contributed by atoms with E-state index in [2.05, 4.69) is 5.32 Å². The fraction of sp³-hybridized carbons (Fsp3) is 0.257. The van der Waals surface area contributed by atoms with Crippen LogP contribution in [0.15, 0.2) is 114 Å². The molecule has 0 saturated carbocycles. The molecular weight excluding hydrogens is 593 g/mol. The molecule has 0 saturated heterocycles. The summed E-state index contributed by atoms with van der Waals surface area (Å²) >= 11 is 0. The van der Waals surface area contributed by atoms with Crippen molar-refractivity contribution in [2.75, 3.05) is 24.0 Å². The zero-order valence-electron chi connectivity index (χ0n) is 25.4. The summed E-state index contributed by atoms with van der Waals surface area (Å²) in [7, 11) is -4.26. The molecule has 1 N–H and O–H groups in total. The number of hydrogen-bond acceptors (Lipinski definition) is 5. The molecule has 0 radical (unpaired) electrons. The second kappa shape index (κ2) is 15.9. The lowest BCUT2D eigenvalue weighted by Gasteiger charge is -2.34. The minimum Gasteiger partial charge on any atom is -0.494 e. The third kappa shape index (κ3) is 8.69. The number of anilines is 1. The van der Waals surface area contributed by atoms with E-state index in [-0.39, 0.29) is 29.1 Å². The summed E-state index contributed by atoms with van der Waals surface area (Å²) in [6, 6.07) is 28.4. The fourth-order valence-electron chi connectivity index (χ4n) is 4.85. The van der Waals surface area contributed by atoms with Gasteiger partial charge in [0.05, 0.1) is 17.2 Å². The highest BCUT2D eigenvalue weighted by Crippen LogP contribution is 2.26. The number of nitrogens with one attached hydrogen (secondary N) is 1. The van der Waals surface area contributed by atoms with Crippen LogP contribution >= 0.6 is 0 Å². The molecule has 0 fully saturated rings. The predicted octanol–water partition coefficient (Wildman–Crippen LogP) is 5.59. The number of nitrogens with zero attached hydrogens (tertiary/aromatic N) is 2. The van der Waals surface area contributed by atoms with Crippen molar-refractivity contribution in [2.24, 2.45) is 0 Å². The zero-order valence-corrected chi connectivity index (χ0v) is 26.3. The molecule has 10 heteroatoms. The summed E-state index contributed by atoms with van der Waals surface area (Å²) in [6.45, 7) is 3.68. The van der Waals surface area contributed by atoms with E-state index in [9.17, 15) is 22.4 Å². The summed E-state index contributed by atoms with van der Waals surface area (Å²) in [5, 5.41) is 2.87. The Bertz CT molecular complexity index is 1650. The van der Waals surface area contributed by atoms with Crippen molar-refractivity contribution in [3.05, 3.63) is 126 Å². The number of hydrogen-bond donors (Lipinski definition) is 1. The first kappa shape index (κ1) is 33.2. The van der Waals surface area contributed by atoms with E-state index >= 15 is 0 Å². The molecule has 2 amide bonds. The average Bonchev–Trinajstić information content (AvgIpc) is 3.06. The van der Waals surface area contributed by atoms with Gasteiger partial charge in [0.1, 0.15) is 24.2 Å². The standard InChI is InChI=1S/C35H38FN3O5S/c1-3-23-37-35(41)33(24-27-13-7-5-8-14-27)38(25-28-15-11-12-18-32(28)36)34(40)26-39(29-16-9-6-10-17-29)45(42,43)31-21-19-30(20-22-31)44-4-2/h5-22,33H,3-4,23-26H2,1-2H3,(H,37,41)/t33-/m0/s1. The van der Waals surface area contributed by atoms with Crippen LogP contribution in [0.25, 0.3) is 0 Å². The van der Waals surface area contributed by atoms with Crippen LogP contribution in [0.3, 0.4) is 0 Å². The first-order valence-corrected chi connectivity index (χ1v) is 16.3. The number of amides is 2. The zero-order chi connectivity index (χ0) is 32.2. The topological polar surface area (TPSA) is 96.0 Å². The molecule has 0 unspecified atom stereocenters. The van der Waals surface area contributed by atoms with Crippen LogP contribution in [-0.4, -0.2) is 50.9 Å². The number of carbonyl (C=O) groups excluding carboxylic acids is 2. The molecule has 0 aliphatic heterocycles. The molecule has 0 heterocycles. The third-order valence-corrected chi connectivity index (χ3v) is 8.95. The van der Waals surface area contributed by atoms with Crippen LogP contribution in [-0.2, 0) is 32.6 Å². The lowest BCUT2D eigenvalue weighted by Crippen LogP contribution is -2.53. The first-order valence-electron chi connectivity index (χ1n) is 14.9. The number of para-hydroxylation sites is 1. The highest BCUT2D eigenvalue weighted by Gasteiger charge is 2.35. The van der Waals surface area contributed by atoms with Gasteiger partial charge in [-0.15, -0.1) is 0 Å². The maximum Gasteiger partial charge on any atom is 0.264 e. The summed E-state index contributed by atoms with van der Waals surface area (Å²) in [6.07, 6.45) is 0.820. The second-order valence-electron chi connectivity index (χ2n) is 10.4. The van der Waals surface area contributed by atoms with Gasteiger partial charge in [-0.1, -0.05) is 73.7 Å². The smallest absolute Gasteiger partial charge is 0.264 e. The molecule has 236 valence electrons. The molecule has 4 aromatic carbocycles. The Kier molecular flexibility index (Phi) is 11.7. The molecular formula is C35H38FN3O5S. The number of halogens is 1. The van der Waals surface area contributed by atoms with E-state index in [4.69, 9.17) is 4.74 Å². The van der Waals surface area contributed by atoms with Crippen molar-refractivity contribution in [2.45, 2.75) is 44.2 Å². The molecule has 45 heavy (non-hydrogen) atoms. The summed E-state index contributed by atoms with van der Waals surface area (Å²) in [5.74, 6) is -1.10. The minimum atomic E-state index is -4.26. The Morgan fingerprint density at radius 2 is 1.47 bits per heavy atom. The Balaban J connectivity index is 1.77. The molecule has 0 aliphatic rings. The highest BCUT2D eigenvalue weighted by atomic mass is 32.2. The van der Waals surface area contributed by atoms with Crippen LogP contribution in [0.4, 0.5) is 10.1 Å². The van der Waals surface area contributed by atoms with Crippen LogP contribution in [0.5, 0.6) is 5.75 Å². The number of benzene rings is 4. The second-order valence-corrected chi connectivity index (χ2v) is 12.2. The van der Waals surface area contributed by atoms with Gasteiger partial charge in [0.2, 0.25) is 11.8 Å². The number of sulfonamides is 1. The Hall–Kier alpha value is -4.70. The molecule has 4 rings (SSSR count). The first-order chi connectivity index (χ1) is 21.7. The van der Waals surface area contributed by atoms with Crippen molar-refractivity contribution in [3.63, 3.8) is 0 Å². The van der Waals surface area contributed by atoms with Gasteiger partial charge in [0, 0.05) is 25.1 Å². The molecule has 4 aromatic rings. The Labute approximate surface area is 264 Å². The summed E-state index contributed by atoms with van der Waals surface area (Å²) in [5.41, 5.74) is 1.26. The lowest BCUT2D eigenvalue weighted by molar-refractivity contribution is -0.140. The van der Waals surface area contributed by atoms with Crippen molar-refractivity contribution in [1.82, 2.24) is 10.2 Å². The van der Waals surface area contributed by atoms with Crippen molar-refractivity contribution >= 4 is 27.5 Å². The van der Waals surface area contributed by atoms with E-state index < -0.39 is 40.2 Å². The fourth-order valence-corrected chi connectivity index (χ4v) is 6.27. The number of ether oxygens (including phenoxy) is 1. The summed E-state index contributed by atoms with van der Waals surface area (Å²) < 4.78 is 49.6.